The van der Waals surface area contributed by atoms with Crippen LogP contribution in [0.5, 0.6) is 0 Å². The third-order valence-corrected chi connectivity index (χ3v) is 9.64. The number of nitrogens with zero attached hydrogens (tertiary/aromatic N) is 5. The Kier molecular flexibility index (Phi) is 10.6. The number of rotatable bonds is 10. The van der Waals surface area contributed by atoms with E-state index in [2.05, 4.69) is 33.2 Å². The number of amides is 2. The average molecular weight is 705 g/mol. The van der Waals surface area contributed by atoms with E-state index in [4.69, 9.17) is 23.9 Å². The number of carbonyl (C=O) groups excluding carboxylic acids is 2. The zero-order valence-corrected chi connectivity index (χ0v) is 31.6. The Morgan fingerprint density at radius 2 is 1.61 bits per heavy atom. The predicted octanol–water partition coefficient (Wildman–Crippen LogP) is 6.98. The molecule has 0 unspecified atom stereocenters. The number of hydrogen-bond acceptors (Lipinski definition) is 9. The van der Waals surface area contributed by atoms with Crippen LogP contribution >= 0.6 is 0 Å². The Labute approximate surface area is 302 Å². The van der Waals surface area contributed by atoms with Gasteiger partial charge >= 0.3 is 12.2 Å². The summed E-state index contributed by atoms with van der Waals surface area (Å²) >= 11 is 0. The Morgan fingerprint density at radius 1 is 0.941 bits per heavy atom. The monoisotopic (exact) mass is 704 g/mol. The van der Waals surface area contributed by atoms with Crippen LogP contribution in [0.25, 0.3) is 11.0 Å². The first-order chi connectivity index (χ1) is 24.1. The Balaban J connectivity index is 1.21. The summed E-state index contributed by atoms with van der Waals surface area (Å²) in [7, 11) is 0. The third-order valence-electron chi connectivity index (χ3n) is 9.64. The van der Waals surface area contributed by atoms with Gasteiger partial charge in [-0.1, -0.05) is 30.3 Å². The molecule has 2 aliphatic heterocycles. The maximum absolute atomic E-state index is 13.8. The van der Waals surface area contributed by atoms with Crippen LogP contribution in [0.2, 0.25) is 0 Å². The third kappa shape index (κ3) is 8.95. The first-order valence-corrected chi connectivity index (χ1v) is 18.5. The van der Waals surface area contributed by atoms with Gasteiger partial charge in [0, 0.05) is 44.8 Å². The minimum Gasteiger partial charge on any atom is -0.444 e. The molecule has 1 N–H and O–H groups in total. The number of benzene rings is 1. The molecular weight excluding hydrogens is 648 g/mol. The van der Waals surface area contributed by atoms with Gasteiger partial charge in [-0.25, -0.2) is 19.6 Å². The van der Waals surface area contributed by atoms with Crippen molar-refractivity contribution in [2.45, 2.75) is 123 Å². The number of carbonyl (C=O) groups is 2. The van der Waals surface area contributed by atoms with Crippen LogP contribution in [0.1, 0.15) is 91.8 Å². The van der Waals surface area contributed by atoms with E-state index in [9.17, 15) is 9.59 Å². The molecule has 51 heavy (non-hydrogen) atoms. The highest BCUT2D eigenvalue weighted by molar-refractivity contribution is 5.91. The lowest BCUT2D eigenvalue weighted by atomic mass is 10.0. The highest BCUT2D eigenvalue weighted by atomic mass is 16.8. The first-order valence-electron chi connectivity index (χ1n) is 18.5. The second-order valence-electron chi connectivity index (χ2n) is 16.6. The van der Waals surface area contributed by atoms with Gasteiger partial charge in [-0.15, -0.1) is 0 Å². The van der Waals surface area contributed by atoms with Crippen LogP contribution < -0.4 is 5.32 Å². The van der Waals surface area contributed by atoms with Crippen molar-refractivity contribution < 1.29 is 28.5 Å². The summed E-state index contributed by atoms with van der Waals surface area (Å²) in [5.41, 5.74) is 1.99. The molecule has 3 aromatic rings. The lowest BCUT2D eigenvalue weighted by Crippen LogP contribution is -2.44. The van der Waals surface area contributed by atoms with Gasteiger partial charge in [0.05, 0.1) is 17.5 Å². The van der Waals surface area contributed by atoms with Crippen LogP contribution in [-0.4, -0.2) is 98.4 Å². The highest BCUT2D eigenvalue weighted by Gasteiger charge is 2.55. The highest BCUT2D eigenvalue weighted by Crippen LogP contribution is 2.48. The van der Waals surface area contributed by atoms with Gasteiger partial charge in [-0.3, -0.25) is 0 Å². The summed E-state index contributed by atoms with van der Waals surface area (Å²) < 4.78 is 27.2. The number of anilines is 1. The molecule has 278 valence electrons. The SMILES string of the molecule is CC(C)(C)OC(=O)N(CCCN(C[C@H]1C[C@@H](n2cc3c4c(ncnc42)NCCC3)[C@@H]2OC(C)(C)O[C@H]12)C(=O)OC(C)(C)C)CCc1ccccc1. The number of aromatic nitrogens is 3. The zero-order valence-electron chi connectivity index (χ0n) is 31.6. The fourth-order valence-corrected chi connectivity index (χ4v) is 7.58. The largest absolute Gasteiger partial charge is 0.444 e. The van der Waals surface area contributed by atoms with Crippen molar-refractivity contribution in [2.24, 2.45) is 5.92 Å². The number of fused-ring (bicyclic) bond motifs is 1. The molecule has 4 heterocycles. The normalized spacial score (nSPS) is 22.6. The topological polar surface area (TPSA) is 120 Å². The number of ether oxygens (including phenoxy) is 4. The second-order valence-corrected chi connectivity index (χ2v) is 16.6. The van der Waals surface area contributed by atoms with E-state index < -0.39 is 17.0 Å². The quantitative estimate of drug-likeness (QED) is 0.238. The molecule has 1 aromatic carbocycles. The summed E-state index contributed by atoms with van der Waals surface area (Å²) in [4.78, 5) is 40.0. The number of nitrogens with one attached hydrogen (secondary N) is 1. The molecule has 12 heteroatoms. The zero-order chi connectivity index (χ0) is 36.6. The second kappa shape index (κ2) is 14.6. The fourth-order valence-electron chi connectivity index (χ4n) is 7.58. The summed E-state index contributed by atoms with van der Waals surface area (Å²) in [5, 5.41) is 4.54. The summed E-state index contributed by atoms with van der Waals surface area (Å²) in [5.74, 6) is 0.0818. The van der Waals surface area contributed by atoms with Gasteiger partial charge in [0.1, 0.15) is 35.1 Å². The van der Waals surface area contributed by atoms with Crippen LogP contribution in [0.3, 0.4) is 0 Å². The Hall–Kier alpha value is -3.90. The lowest BCUT2D eigenvalue weighted by molar-refractivity contribution is -0.160. The Bertz CT molecular complexity index is 1680. The summed E-state index contributed by atoms with van der Waals surface area (Å²) in [6, 6.07) is 10.1. The van der Waals surface area contributed by atoms with Crippen LogP contribution in [0, 0.1) is 5.92 Å². The molecule has 2 amide bonds. The first kappa shape index (κ1) is 36.9. The molecule has 3 aliphatic rings. The van der Waals surface area contributed by atoms with E-state index in [1.165, 1.54) is 5.56 Å². The molecule has 2 aromatic heterocycles. The van der Waals surface area contributed by atoms with Gasteiger partial charge in [-0.05, 0) is 98.6 Å². The van der Waals surface area contributed by atoms with Gasteiger partial charge in [0.15, 0.2) is 5.79 Å². The molecule has 1 saturated carbocycles. The molecule has 1 saturated heterocycles. The van der Waals surface area contributed by atoms with Crippen LogP contribution in [-0.2, 0) is 31.8 Å². The van der Waals surface area contributed by atoms with E-state index in [1.807, 2.05) is 73.6 Å². The molecule has 4 atom stereocenters. The maximum atomic E-state index is 13.8. The lowest BCUT2D eigenvalue weighted by Gasteiger charge is -2.32. The molecule has 0 radical (unpaired) electrons. The van der Waals surface area contributed by atoms with Gasteiger partial charge in [0.25, 0.3) is 0 Å². The molecule has 2 fully saturated rings. The van der Waals surface area contributed by atoms with E-state index in [0.717, 1.165) is 48.2 Å². The molecule has 6 rings (SSSR count). The smallest absolute Gasteiger partial charge is 0.410 e. The summed E-state index contributed by atoms with van der Waals surface area (Å²) in [6.45, 7) is 17.8. The van der Waals surface area contributed by atoms with Crippen LogP contribution in [0.4, 0.5) is 15.4 Å². The van der Waals surface area contributed by atoms with E-state index in [-0.39, 0.29) is 36.4 Å². The molecule has 0 spiro atoms. The van der Waals surface area contributed by atoms with Gasteiger partial charge < -0.3 is 38.6 Å². The van der Waals surface area contributed by atoms with Gasteiger partial charge in [0.2, 0.25) is 0 Å². The van der Waals surface area contributed by atoms with Crippen molar-refractivity contribution in [3.05, 3.63) is 54.0 Å². The number of aryl methyl sites for hydroxylation is 1. The fraction of sp³-hybridized carbons (Fsp3) is 0.641. The predicted molar refractivity (Wildman–Crippen MR) is 196 cm³/mol. The van der Waals surface area contributed by atoms with Crippen molar-refractivity contribution in [1.82, 2.24) is 24.3 Å². The van der Waals surface area contributed by atoms with E-state index >= 15 is 0 Å². The van der Waals surface area contributed by atoms with Crippen molar-refractivity contribution >= 4 is 29.0 Å². The van der Waals surface area contributed by atoms with Crippen LogP contribution in [0.15, 0.2) is 42.9 Å². The van der Waals surface area contributed by atoms with Crippen molar-refractivity contribution in [1.29, 1.82) is 0 Å². The van der Waals surface area contributed by atoms with E-state index in [1.54, 1.807) is 16.1 Å². The number of hydrogen-bond donors (Lipinski definition) is 1. The Morgan fingerprint density at radius 3 is 2.31 bits per heavy atom. The molecule has 1 aliphatic carbocycles. The van der Waals surface area contributed by atoms with Crippen molar-refractivity contribution in [3.8, 4) is 0 Å². The minimum atomic E-state index is -0.769. The van der Waals surface area contributed by atoms with Crippen molar-refractivity contribution in [2.75, 3.05) is 38.0 Å². The average Bonchev–Trinajstić information content (AvgIpc) is 3.61. The maximum Gasteiger partial charge on any atom is 0.410 e. The standard InChI is InChI=1S/C39H56N6O6/c1-37(2,3)50-35(46)43(21-17-26-14-10-9-11-15-26)19-13-20-44(36(47)51-38(4,5)6)23-28-22-29(32-31(28)48-39(7,8)49-32)45-24-27-16-12-18-40-33-30(27)34(45)42-25-41-33/h9-11,14-15,24-25,28-29,31-32H,12-13,16-23H2,1-8H3,(H,40,41,42)/t28-,29-,31-,32+/m1/s1. The molecule has 0 bridgehead atoms. The van der Waals surface area contributed by atoms with E-state index in [0.29, 0.717) is 39.0 Å². The molecular formula is C39H56N6O6. The minimum absolute atomic E-state index is 0.0254. The molecule has 12 nitrogen and oxygen atoms in total. The summed E-state index contributed by atoms with van der Waals surface area (Å²) in [6.07, 6.45) is 6.62. The van der Waals surface area contributed by atoms with Gasteiger partial charge in [-0.2, -0.15) is 0 Å². The van der Waals surface area contributed by atoms with Crippen molar-refractivity contribution in [3.63, 3.8) is 0 Å².